The van der Waals surface area contributed by atoms with E-state index in [9.17, 15) is 4.79 Å². The second-order valence-corrected chi connectivity index (χ2v) is 6.55. The highest BCUT2D eigenvalue weighted by molar-refractivity contribution is 9.10. The molecule has 0 aromatic heterocycles. The molecule has 2 rings (SSSR count). The van der Waals surface area contributed by atoms with Gasteiger partial charge in [0.25, 0.3) is 0 Å². The van der Waals surface area contributed by atoms with Crippen LogP contribution in [0.25, 0.3) is 0 Å². The first-order valence-electron chi connectivity index (χ1n) is 7.41. The van der Waals surface area contributed by atoms with Crippen LogP contribution in [0.2, 0.25) is 0 Å². The number of carbonyl (C=O) groups excluding carboxylic acids is 1. The summed E-state index contributed by atoms with van der Waals surface area (Å²) in [6, 6.07) is 8.06. The molecule has 110 valence electrons. The van der Waals surface area contributed by atoms with Crippen molar-refractivity contribution in [2.45, 2.75) is 38.6 Å². The molecule has 0 radical (unpaired) electrons. The third-order valence-corrected chi connectivity index (χ3v) is 4.70. The SMILES string of the molecule is NCCC1CCC(C(=O)NCc2ccc(Br)cc2)CC1. The zero-order valence-corrected chi connectivity index (χ0v) is 13.4. The highest BCUT2D eigenvalue weighted by atomic mass is 79.9. The molecular formula is C16H23BrN2O. The van der Waals surface area contributed by atoms with Crippen molar-refractivity contribution in [2.75, 3.05) is 6.54 Å². The average Bonchev–Trinajstić information content (AvgIpc) is 2.47. The van der Waals surface area contributed by atoms with Crippen LogP contribution in [0.1, 0.15) is 37.7 Å². The van der Waals surface area contributed by atoms with Gasteiger partial charge in [0.15, 0.2) is 0 Å². The minimum atomic E-state index is 0.194. The van der Waals surface area contributed by atoms with Crippen LogP contribution in [-0.2, 0) is 11.3 Å². The van der Waals surface area contributed by atoms with Crippen LogP contribution in [-0.4, -0.2) is 12.5 Å². The third kappa shape index (κ3) is 4.60. The van der Waals surface area contributed by atoms with Crippen LogP contribution >= 0.6 is 15.9 Å². The summed E-state index contributed by atoms with van der Waals surface area (Å²) in [7, 11) is 0. The molecule has 0 bridgehead atoms. The molecule has 1 saturated carbocycles. The molecule has 0 heterocycles. The summed E-state index contributed by atoms with van der Waals surface area (Å²) in [6.45, 7) is 1.39. The van der Waals surface area contributed by atoms with E-state index in [0.29, 0.717) is 6.54 Å². The van der Waals surface area contributed by atoms with Crippen LogP contribution in [0.3, 0.4) is 0 Å². The maximum atomic E-state index is 12.2. The average molecular weight is 339 g/mol. The first-order valence-corrected chi connectivity index (χ1v) is 8.20. The number of hydrogen-bond acceptors (Lipinski definition) is 2. The maximum absolute atomic E-state index is 12.2. The Morgan fingerprint density at radius 3 is 2.45 bits per heavy atom. The van der Waals surface area contributed by atoms with E-state index in [4.69, 9.17) is 5.73 Å². The summed E-state index contributed by atoms with van der Waals surface area (Å²) in [5, 5.41) is 3.06. The van der Waals surface area contributed by atoms with Crippen molar-refractivity contribution in [3.05, 3.63) is 34.3 Å². The van der Waals surface area contributed by atoms with Gasteiger partial charge in [-0.2, -0.15) is 0 Å². The largest absolute Gasteiger partial charge is 0.352 e. The molecule has 1 fully saturated rings. The number of nitrogens with one attached hydrogen (secondary N) is 1. The van der Waals surface area contributed by atoms with Crippen LogP contribution in [0.15, 0.2) is 28.7 Å². The lowest BCUT2D eigenvalue weighted by atomic mass is 9.80. The van der Waals surface area contributed by atoms with Gasteiger partial charge in [0.2, 0.25) is 5.91 Å². The molecule has 4 heteroatoms. The molecule has 0 unspecified atom stereocenters. The van der Waals surface area contributed by atoms with Gasteiger partial charge in [0.1, 0.15) is 0 Å². The highest BCUT2D eigenvalue weighted by Crippen LogP contribution is 2.30. The molecular weight excluding hydrogens is 316 g/mol. The van der Waals surface area contributed by atoms with Crippen molar-refractivity contribution in [3.8, 4) is 0 Å². The van der Waals surface area contributed by atoms with E-state index < -0.39 is 0 Å². The van der Waals surface area contributed by atoms with E-state index in [-0.39, 0.29) is 11.8 Å². The minimum absolute atomic E-state index is 0.194. The number of hydrogen-bond donors (Lipinski definition) is 2. The Bertz CT molecular complexity index is 425. The Morgan fingerprint density at radius 1 is 1.20 bits per heavy atom. The van der Waals surface area contributed by atoms with Gasteiger partial charge in [-0.15, -0.1) is 0 Å². The number of amides is 1. The van der Waals surface area contributed by atoms with E-state index >= 15 is 0 Å². The lowest BCUT2D eigenvalue weighted by molar-refractivity contribution is -0.126. The van der Waals surface area contributed by atoms with E-state index in [2.05, 4.69) is 21.2 Å². The quantitative estimate of drug-likeness (QED) is 0.865. The molecule has 3 nitrogen and oxygen atoms in total. The van der Waals surface area contributed by atoms with Crippen molar-refractivity contribution < 1.29 is 4.79 Å². The van der Waals surface area contributed by atoms with E-state index in [1.807, 2.05) is 24.3 Å². The van der Waals surface area contributed by atoms with Gasteiger partial charge < -0.3 is 11.1 Å². The third-order valence-electron chi connectivity index (χ3n) is 4.17. The molecule has 0 spiro atoms. The lowest BCUT2D eigenvalue weighted by Crippen LogP contribution is -2.33. The summed E-state index contributed by atoms with van der Waals surface area (Å²) < 4.78 is 1.06. The fraction of sp³-hybridized carbons (Fsp3) is 0.562. The number of nitrogens with two attached hydrogens (primary N) is 1. The molecule has 1 aromatic rings. The standard InChI is InChI=1S/C16H23BrN2O/c17-15-7-3-13(4-8-15)11-19-16(20)14-5-1-12(2-6-14)9-10-18/h3-4,7-8,12,14H,1-2,5-6,9-11,18H2,(H,19,20). The molecule has 0 aliphatic heterocycles. The van der Waals surface area contributed by atoms with Crippen molar-refractivity contribution in [2.24, 2.45) is 17.6 Å². The number of halogens is 1. The Kier molecular flexibility index (Phi) is 6.05. The van der Waals surface area contributed by atoms with Crippen molar-refractivity contribution in [3.63, 3.8) is 0 Å². The fourth-order valence-corrected chi connectivity index (χ4v) is 3.15. The predicted octanol–water partition coefficient (Wildman–Crippen LogP) is 3.22. The van der Waals surface area contributed by atoms with Gasteiger partial charge in [-0.1, -0.05) is 28.1 Å². The topological polar surface area (TPSA) is 55.1 Å². The highest BCUT2D eigenvalue weighted by Gasteiger charge is 2.25. The number of rotatable bonds is 5. The first kappa shape index (κ1) is 15.5. The van der Waals surface area contributed by atoms with Crippen LogP contribution in [0, 0.1) is 11.8 Å². The molecule has 0 saturated heterocycles. The Morgan fingerprint density at radius 2 is 1.85 bits per heavy atom. The van der Waals surface area contributed by atoms with Gasteiger partial charge in [0.05, 0.1) is 0 Å². The smallest absolute Gasteiger partial charge is 0.223 e. The number of carbonyl (C=O) groups is 1. The molecule has 1 aliphatic carbocycles. The van der Waals surface area contributed by atoms with Crippen LogP contribution < -0.4 is 11.1 Å². The van der Waals surface area contributed by atoms with Gasteiger partial charge in [0, 0.05) is 16.9 Å². The monoisotopic (exact) mass is 338 g/mol. The first-order chi connectivity index (χ1) is 9.69. The Labute approximate surface area is 129 Å². The molecule has 0 atom stereocenters. The second-order valence-electron chi connectivity index (χ2n) is 5.64. The molecule has 1 aliphatic rings. The fourth-order valence-electron chi connectivity index (χ4n) is 2.88. The molecule has 1 amide bonds. The summed E-state index contributed by atoms with van der Waals surface area (Å²) in [5.41, 5.74) is 6.73. The zero-order chi connectivity index (χ0) is 14.4. The van der Waals surface area contributed by atoms with Crippen molar-refractivity contribution in [1.29, 1.82) is 0 Å². The summed E-state index contributed by atoms with van der Waals surface area (Å²) in [4.78, 5) is 12.2. The summed E-state index contributed by atoms with van der Waals surface area (Å²) >= 11 is 3.41. The van der Waals surface area contributed by atoms with Crippen LogP contribution in [0.5, 0.6) is 0 Å². The van der Waals surface area contributed by atoms with Gasteiger partial charge in [-0.05, 0) is 62.3 Å². The van der Waals surface area contributed by atoms with E-state index in [1.54, 1.807) is 0 Å². The predicted molar refractivity (Wildman–Crippen MR) is 85.1 cm³/mol. The van der Waals surface area contributed by atoms with Crippen molar-refractivity contribution in [1.82, 2.24) is 5.32 Å². The normalized spacial score (nSPS) is 22.5. The maximum Gasteiger partial charge on any atom is 0.223 e. The van der Waals surface area contributed by atoms with Gasteiger partial charge in [-0.3, -0.25) is 4.79 Å². The van der Waals surface area contributed by atoms with Crippen LogP contribution in [0.4, 0.5) is 0 Å². The number of benzene rings is 1. The second kappa shape index (κ2) is 7.79. The summed E-state index contributed by atoms with van der Waals surface area (Å²) in [6.07, 6.45) is 5.42. The molecule has 20 heavy (non-hydrogen) atoms. The molecule has 3 N–H and O–H groups in total. The van der Waals surface area contributed by atoms with Gasteiger partial charge in [-0.25, -0.2) is 0 Å². The van der Waals surface area contributed by atoms with Gasteiger partial charge >= 0.3 is 0 Å². The van der Waals surface area contributed by atoms with Crippen molar-refractivity contribution >= 4 is 21.8 Å². The molecule has 1 aromatic carbocycles. The van der Waals surface area contributed by atoms with E-state index in [0.717, 1.165) is 54.6 Å². The zero-order valence-electron chi connectivity index (χ0n) is 11.8. The Balaban J connectivity index is 1.74. The summed E-state index contributed by atoms with van der Waals surface area (Å²) in [5.74, 6) is 1.13. The Hall–Kier alpha value is -0.870. The lowest BCUT2D eigenvalue weighted by Gasteiger charge is -2.27. The van der Waals surface area contributed by atoms with E-state index in [1.165, 1.54) is 0 Å². The minimum Gasteiger partial charge on any atom is -0.352 e.